The van der Waals surface area contributed by atoms with E-state index in [0.717, 1.165) is 10.6 Å². The van der Waals surface area contributed by atoms with Crippen molar-refractivity contribution in [2.75, 3.05) is 11.9 Å². The number of anilines is 1. The summed E-state index contributed by atoms with van der Waals surface area (Å²) in [5.41, 5.74) is 0.751. The van der Waals surface area contributed by atoms with Crippen molar-refractivity contribution in [3.8, 4) is 0 Å². The largest absolute Gasteiger partial charge is 0.444 e. The van der Waals surface area contributed by atoms with E-state index in [0.29, 0.717) is 40.3 Å². The lowest BCUT2D eigenvalue weighted by Gasteiger charge is -2.29. The fourth-order valence-corrected chi connectivity index (χ4v) is 3.85. The monoisotopic (exact) mass is 427 g/mol. The summed E-state index contributed by atoms with van der Waals surface area (Å²) in [4.78, 5) is 31.7. The Morgan fingerprint density at radius 2 is 2.00 bits per heavy atom. The van der Waals surface area contributed by atoms with E-state index in [1.165, 1.54) is 17.4 Å². The lowest BCUT2D eigenvalue weighted by Crippen LogP contribution is -2.39. The third-order valence-corrected chi connectivity index (χ3v) is 5.52. The number of halogens is 2. The summed E-state index contributed by atoms with van der Waals surface area (Å²) in [5.74, 6) is -0.316. The van der Waals surface area contributed by atoms with Gasteiger partial charge in [-0.05, 0) is 39.0 Å². The SMILES string of the molecule is CC(C)(C)OC(=O)N1CCc2nc(NC(=O)c3ccc(Cl)c(Cl)c3)sc2C1. The number of hydrogen-bond acceptors (Lipinski definition) is 5. The number of carbonyl (C=O) groups excluding carboxylic acids is 2. The molecule has 0 saturated carbocycles. The van der Waals surface area contributed by atoms with Crippen LogP contribution in [0.5, 0.6) is 0 Å². The number of nitrogens with one attached hydrogen (secondary N) is 1. The van der Waals surface area contributed by atoms with Crippen LogP contribution in [0.15, 0.2) is 18.2 Å². The molecule has 144 valence electrons. The van der Waals surface area contributed by atoms with E-state index in [-0.39, 0.29) is 12.0 Å². The number of fused-ring (bicyclic) bond motifs is 1. The Bertz CT molecular complexity index is 892. The number of aromatic nitrogens is 1. The molecule has 6 nitrogen and oxygen atoms in total. The molecule has 2 aromatic rings. The van der Waals surface area contributed by atoms with Crippen molar-refractivity contribution in [3.05, 3.63) is 44.4 Å². The summed E-state index contributed by atoms with van der Waals surface area (Å²) < 4.78 is 5.42. The van der Waals surface area contributed by atoms with Crippen LogP contribution in [-0.2, 0) is 17.7 Å². The van der Waals surface area contributed by atoms with Crippen LogP contribution in [0.25, 0.3) is 0 Å². The van der Waals surface area contributed by atoms with Crippen LogP contribution in [0.2, 0.25) is 10.0 Å². The average molecular weight is 428 g/mol. The number of hydrogen-bond donors (Lipinski definition) is 1. The van der Waals surface area contributed by atoms with Crippen LogP contribution in [0, 0.1) is 0 Å². The molecule has 2 heterocycles. The normalized spacial score (nSPS) is 13.9. The molecule has 0 aliphatic carbocycles. The zero-order chi connectivity index (χ0) is 19.8. The first-order chi connectivity index (χ1) is 12.6. The maximum absolute atomic E-state index is 12.4. The first kappa shape index (κ1) is 19.9. The Balaban J connectivity index is 1.68. The van der Waals surface area contributed by atoms with Gasteiger partial charge in [0.25, 0.3) is 5.91 Å². The molecule has 0 spiro atoms. The smallest absolute Gasteiger partial charge is 0.410 e. The number of ether oxygens (including phenoxy) is 1. The maximum atomic E-state index is 12.4. The summed E-state index contributed by atoms with van der Waals surface area (Å²) in [6, 6.07) is 4.68. The van der Waals surface area contributed by atoms with Gasteiger partial charge in [-0.3, -0.25) is 10.1 Å². The number of nitrogens with zero attached hydrogens (tertiary/aromatic N) is 2. The molecule has 1 N–H and O–H groups in total. The van der Waals surface area contributed by atoms with Crippen molar-refractivity contribution in [1.29, 1.82) is 0 Å². The van der Waals surface area contributed by atoms with Crippen molar-refractivity contribution in [3.63, 3.8) is 0 Å². The van der Waals surface area contributed by atoms with Crippen LogP contribution >= 0.6 is 34.5 Å². The number of carbonyl (C=O) groups is 2. The third kappa shape index (κ3) is 4.91. The van der Waals surface area contributed by atoms with Gasteiger partial charge in [0.1, 0.15) is 5.60 Å². The molecular weight excluding hydrogens is 409 g/mol. The predicted octanol–water partition coefficient (Wildman–Crippen LogP) is 5.00. The lowest BCUT2D eigenvalue weighted by atomic mass is 10.2. The minimum Gasteiger partial charge on any atom is -0.444 e. The zero-order valence-electron chi connectivity index (χ0n) is 15.1. The molecule has 1 aliphatic rings. The molecule has 0 bridgehead atoms. The van der Waals surface area contributed by atoms with Gasteiger partial charge in [-0.2, -0.15) is 0 Å². The summed E-state index contributed by atoms with van der Waals surface area (Å²) in [7, 11) is 0. The van der Waals surface area contributed by atoms with Crippen molar-refractivity contribution in [1.82, 2.24) is 9.88 Å². The molecule has 0 unspecified atom stereocenters. The molecule has 3 rings (SSSR count). The Hall–Kier alpha value is -1.83. The molecule has 0 fully saturated rings. The highest BCUT2D eigenvalue weighted by atomic mass is 35.5. The van der Waals surface area contributed by atoms with Crippen LogP contribution in [0.4, 0.5) is 9.93 Å². The molecule has 2 amide bonds. The van der Waals surface area contributed by atoms with Crippen molar-refractivity contribution in [2.24, 2.45) is 0 Å². The van der Waals surface area contributed by atoms with E-state index >= 15 is 0 Å². The van der Waals surface area contributed by atoms with Gasteiger partial charge >= 0.3 is 6.09 Å². The highest BCUT2D eigenvalue weighted by Gasteiger charge is 2.28. The minimum absolute atomic E-state index is 0.316. The highest BCUT2D eigenvalue weighted by Crippen LogP contribution is 2.30. The quantitative estimate of drug-likeness (QED) is 0.731. The predicted molar refractivity (Wildman–Crippen MR) is 107 cm³/mol. The molecule has 1 aromatic heterocycles. The minimum atomic E-state index is -0.538. The molecule has 9 heteroatoms. The first-order valence-electron chi connectivity index (χ1n) is 8.35. The third-order valence-electron chi connectivity index (χ3n) is 3.79. The standard InChI is InChI=1S/C18H19Cl2N3O3S/c1-18(2,3)26-17(25)23-7-6-13-14(9-23)27-16(21-13)22-15(24)10-4-5-11(19)12(20)8-10/h4-5,8H,6-7,9H2,1-3H3,(H,21,22,24). The van der Waals surface area contributed by atoms with Gasteiger partial charge in [-0.25, -0.2) is 9.78 Å². The Morgan fingerprint density at radius 3 is 2.67 bits per heavy atom. The summed E-state index contributed by atoms with van der Waals surface area (Å²) >= 11 is 13.2. The van der Waals surface area contributed by atoms with Gasteiger partial charge < -0.3 is 9.64 Å². The molecule has 0 radical (unpaired) electrons. The number of thiazole rings is 1. The van der Waals surface area contributed by atoms with Crippen molar-refractivity contribution in [2.45, 2.75) is 39.3 Å². The van der Waals surface area contributed by atoms with E-state index in [4.69, 9.17) is 27.9 Å². The Morgan fingerprint density at radius 1 is 1.26 bits per heavy atom. The molecule has 27 heavy (non-hydrogen) atoms. The lowest BCUT2D eigenvalue weighted by molar-refractivity contribution is 0.0225. The van der Waals surface area contributed by atoms with Crippen LogP contribution in [0.3, 0.4) is 0 Å². The van der Waals surface area contributed by atoms with Crippen LogP contribution < -0.4 is 5.32 Å². The number of benzene rings is 1. The Labute approximate surface area is 171 Å². The number of rotatable bonds is 2. The number of amides is 2. The van der Waals surface area contributed by atoms with Crippen LogP contribution in [0.1, 0.15) is 41.7 Å². The van der Waals surface area contributed by atoms with Gasteiger partial charge in [0.2, 0.25) is 0 Å². The maximum Gasteiger partial charge on any atom is 0.410 e. The Kier molecular flexibility index (Phi) is 5.65. The van der Waals surface area contributed by atoms with Gasteiger partial charge in [-0.1, -0.05) is 34.5 Å². The topological polar surface area (TPSA) is 71.5 Å². The van der Waals surface area contributed by atoms with E-state index in [2.05, 4.69) is 10.3 Å². The van der Waals surface area contributed by atoms with E-state index in [1.54, 1.807) is 17.0 Å². The second kappa shape index (κ2) is 7.66. The van der Waals surface area contributed by atoms with Gasteiger partial charge in [0.15, 0.2) is 5.13 Å². The summed E-state index contributed by atoms with van der Waals surface area (Å²) in [6.07, 6.45) is 0.274. The van der Waals surface area contributed by atoms with E-state index in [9.17, 15) is 9.59 Å². The van der Waals surface area contributed by atoms with Gasteiger partial charge in [0, 0.05) is 23.4 Å². The second-order valence-electron chi connectivity index (χ2n) is 7.12. The average Bonchev–Trinajstić information content (AvgIpc) is 2.96. The molecule has 1 aliphatic heterocycles. The highest BCUT2D eigenvalue weighted by molar-refractivity contribution is 7.15. The fourth-order valence-electron chi connectivity index (χ4n) is 2.54. The second-order valence-corrected chi connectivity index (χ2v) is 9.02. The molecule has 1 aromatic carbocycles. The molecular formula is C18H19Cl2N3O3S. The summed E-state index contributed by atoms with van der Waals surface area (Å²) in [6.45, 7) is 6.47. The fraction of sp³-hybridized carbons (Fsp3) is 0.389. The van der Waals surface area contributed by atoms with Crippen LogP contribution in [-0.4, -0.2) is 34.0 Å². The summed E-state index contributed by atoms with van der Waals surface area (Å²) in [5, 5.41) is 3.97. The van der Waals surface area contributed by atoms with E-state index in [1.807, 2.05) is 20.8 Å². The van der Waals surface area contributed by atoms with Gasteiger partial charge in [0.05, 0.1) is 22.3 Å². The molecule has 0 atom stereocenters. The molecule has 0 saturated heterocycles. The van der Waals surface area contributed by atoms with E-state index < -0.39 is 5.60 Å². The zero-order valence-corrected chi connectivity index (χ0v) is 17.5. The first-order valence-corrected chi connectivity index (χ1v) is 9.92. The van der Waals surface area contributed by atoms with Gasteiger partial charge in [-0.15, -0.1) is 0 Å². The van der Waals surface area contributed by atoms with Crippen molar-refractivity contribution >= 4 is 51.7 Å². The van der Waals surface area contributed by atoms with Crippen molar-refractivity contribution < 1.29 is 14.3 Å².